The van der Waals surface area contributed by atoms with Gasteiger partial charge in [-0.15, -0.1) is 0 Å². The SMILES string of the molecule is CCCCCC.COc1cccc(-c2ccc(C)cc2-c2cc3n(c2)[B-](F)(F)n2cc(-c4cc(C)ccc4-c4cccc(OC)c4)cc2[C+]3c2c(C)cc(C)cc2C)c1. The molecule has 0 saturated heterocycles. The van der Waals surface area contributed by atoms with E-state index >= 15 is 8.63 Å². The van der Waals surface area contributed by atoms with E-state index in [4.69, 9.17) is 9.47 Å². The van der Waals surface area contributed by atoms with Crippen molar-refractivity contribution < 1.29 is 18.1 Å². The highest BCUT2D eigenvalue weighted by Crippen LogP contribution is 2.47. The molecule has 302 valence electrons. The summed E-state index contributed by atoms with van der Waals surface area (Å²) < 4.78 is 48.2. The van der Waals surface area contributed by atoms with Gasteiger partial charge in [-0.25, -0.2) is 0 Å². The number of methoxy groups -OCH3 is 2. The number of unbranched alkanes of at least 4 members (excludes halogenated alkanes) is 3. The van der Waals surface area contributed by atoms with Crippen LogP contribution in [-0.2, 0) is 0 Å². The van der Waals surface area contributed by atoms with Gasteiger partial charge in [0.1, 0.15) is 17.4 Å². The molecule has 0 fully saturated rings. The first-order chi connectivity index (χ1) is 28.4. The van der Waals surface area contributed by atoms with E-state index in [1.807, 2.05) is 74.5 Å². The number of benzene rings is 5. The summed E-state index contributed by atoms with van der Waals surface area (Å²) in [7, 11) is 3.29. The van der Waals surface area contributed by atoms with Crippen LogP contribution in [0.3, 0.4) is 0 Å². The molecule has 0 spiro atoms. The molecule has 7 heteroatoms. The maximum Gasteiger partial charge on any atom is 0.534 e. The van der Waals surface area contributed by atoms with E-state index in [1.165, 1.54) is 34.6 Å². The average molecular weight is 789 g/mol. The van der Waals surface area contributed by atoms with E-state index < -0.39 is 6.97 Å². The summed E-state index contributed by atoms with van der Waals surface area (Å²) in [6, 6.07) is 36.3. The lowest BCUT2D eigenvalue weighted by atomic mass is 9.79. The minimum atomic E-state index is -4.28. The van der Waals surface area contributed by atoms with Crippen LogP contribution in [0.25, 0.3) is 44.5 Å². The molecule has 0 atom stereocenters. The maximum absolute atomic E-state index is 17.3. The quantitative estimate of drug-likeness (QED) is 0.0784. The van der Waals surface area contributed by atoms with Crippen molar-refractivity contribution in [2.75, 3.05) is 14.2 Å². The van der Waals surface area contributed by atoms with Gasteiger partial charge in [0, 0.05) is 34.4 Å². The molecule has 59 heavy (non-hydrogen) atoms. The van der Waals surface area contributed by atoms with Crippen molar-refractivity contribution in [3.63, 3.8) is 0 Å². The molecule has 0 aliphatic carbocycles. The molecule has 0 N–H and O–H groups in total. The van der Waals surface area contributed by atoms with Gasteiger partial charge in [0.25, 0.3) is 0 Å². The van der Waals surface area contributed by atoms with E-state index in [0.29, 0.717) is 11.4 Å². The van der Waals surface area contributed by atoms with Crippen LogP contribution in [-0.4, -0.2) is 30.1 Å². The van der Waals surface area contributed by atoms with E-state index in [9.17, 15) is 0 Å². The summed E-state index contributed by atoms with van der Waals surface area (Å²) in [5.41, 5.74) is 14.3. The Balaban J connectivity index is 0.000000820. The fourth-order valence-electron chi connectivity index (χ4n) is 8.64. The predicted molar refractivity (Wildman–Crippen MR) is 243 cm³/mol. The third-order valence-electron chi connectivity index (χ3n) is 11.5. The molecule has 0 radical (unpaired) electrons. The van der Waals surface area contributed by atoms with Gasteiger partial charge in [-0.3, -0.25) is 0 Å². The first-order valence-electron chi connectivity index (χ1n) is 20.8. The normalized spacial score (nSPS) is 12.7. The van der Waals surface area contributed by atoms with Gasteiger partial charge in [0.15, 0.2) is 0 Å². The Hall–Kier alpha value is -5.95. The zero-order valence-corrected chi connectivity index (χ0v) is 35.9. The van der Waals surface area contributed by atoms with Gasteiger partial charge >= 0.3 is 6.97 Å². The van der Waals surface area contributed by atoms with Gasteiger partial charge in [0.2, 0.25) is 0 Å². The Bertz CT molecular complexity index is 2450. The zero-order chi connectivity index (χ0) is 42.0. The van der Waals surface area contributed by atoms with E-state index in [0.717, 1.165) is 95.3 Å². The van der Waals surface area contributed by atoms with Gasteiger partial charge in [-0.05, 0) is 122 Å². The van der Waals surface area contributed by atoms with Crippen LogP contribution < -0.4 is 9.47 Å². The molecule has 2 aromatic heterocycles. The van der Waals surface area contributed by atoms with Crippen molar-refractivity contribution in [2.24, 2.45) is 0 Å². The molecule has 1 aliphatic rings. The second-order valence-corrected chi connectivity index (χ2v) is 16.0. The molecule has 1 aliphatic heterocycles. The predicted octanol–water partition coefficient (Wildman–Crippen LogP) is 14.2. The molecule has 8 rings (SSSR count). The zero-order valence-electron chi connectivity index (χ0n) is 35.9. The molecular formula is C52H55BF2N2O2. The number of nitrogens with zero attached hydrogens (tertiary/aromatic N) is 2. The molecule has 0 bridgehead atoms. The second kappa shape index (κ2) is 17.1. The number of rotatable bonds is 10. The van der Waals surface area contributed by atoms with E-state index in [2.05, 4.69) is 83.1 Å². The van der Waals surface area contributed by atoms with Crippen molar-refractivity contribution in [3.05, 3.63) is 172 Å². The molecule has 3 heterocycles. The van der Waals surface area contributed by atoms with Crippen molar-refractivity contribution in [3.8, 4) is 56.0 Å². The third kappa shape index (κ3) is 8.08. The smallest absolute Gasteiger partial charge is 0.497 e. The van der Waals surface area contributed by atoms with Gasteiger partial charge < -0.3 is 27.1 Å². The number of aryl methyl sites for hydroxylation is 5. The van der Waals surface area contributed by atoms with Gasteiger partial charge in [0.05, 0.1) is 31.2 Å². The Labute approximate surface area is 349 Å². The minimum Gasteiger partial charge on any atom is -0.497 e. The maximum atomic E-state index is 17.3. The van der Waals surface area contributed by atoms with Crippen LogP contribution in [0.2, 0.25) is 0 Å². The summed E-state index contributed by atoms with van der Waals surface area (Å²) in [4.78, 5) is 0. The summed E-state index contributed by atoms with van der Waals surface area (Å²) in [5.74, 6) is 2.26. The van der Waals surface area contributed by atoms with Crippen molar-refractivity contribution in [1.29, 1.82) is 0 Å². The Morgan fingerprint density at radius 2 is 0.949 bits per heavy atom. The number of hydrogen-bond donors (Lipinski definition) is 0. The standard InChI is InChI=1S/C46H41BF2N2O2.C6H14/c1-28-14-16-39(33-10-8-12-37(22-33)52-6)41(20-28)35-24-43-46(45-31(4)18-30(3)19-32(45)5)44-25-36(27-51(44)47(48,49)50(43)26-35)42-21-29(2)15-17-40(42)34-11-9-13-38(23-34)53-7;1-3-5-6-4-2/h8-27H,1-7H3;3-6H2,1-2H3. The molecule has 0 saturated carbocycles. The van der Waals surface area contributed by atoms with E-state index in [-0.39, 0.29) is 0 Å². The minimum absolute atomic E-state index is 0.493. The van der Waals surface area contributed by atoms with E-state index in [1.54, 1.807) is 26.6 Å². The largest absolute Gasteiger partial charge is 0.534 e. The summed E-state index contributed by atoms with van der Waals surface area (Å²) in [5, 5.41) is 0. The lowest BCUT2D eigenvalue weighted by molar-refractivity contribution is 0.415. The second-order valence-electron chi connectivity index (χ2n) is 16.0. The van der Waals surface area contributed by atoms with Gasteiger partial charge in [-0.1, -0.05) is 111 Å². The number of hydrogen-bond acceptors (Lipinski definition) is 2. The molecule has 7 aromatic rings. The Morgan fingerprint density at radius 3 is 1.36 bits per heavy atom. The lowest BCUT2D eigenvalue weighted by Gasteiger charge is -2.38. The summed E-state index contributed by atoms with van der Waals surface area (Å²) in [6.07, 6.45) is 8.82. The first-order valence-corrected chi connectivity index (χ1v) is 20.8. The third-order valence-corrected chi connectivity index (χ3v) is 11.5. The fraction of sp³-hybridized carbons (Fsp3) is 0.250. The van der Waals surface area contributed by atoms with Crippen molar-refractivity contribution in [2.45, 2.75) is 74.1 Å². The summed E-state index contributed by atoms with van der Waals surface area (Å²) in [6.45, 7) is 10.5. The average Bonchev–Trinajstić information content (AvgIpc) is 3.89. The number of fused-ring (bicyclic) bond motifs is 2. The number of halogens is 2. The van der Waals surface area contributed by atoms with Crippen LogP contribution in [0, 0.1) is 40.5 Å². The Morgan fingerprint density at radius 1 is 0.508 bits per heavy atom. The molecular weight excluding hydrogens is 733 g/mol. The van der Waals surface area contributed by atoms with Crippen LogP contribution in [0.5, 0.6) is 11.5 Å². The highest BCUT2D eigenvalue weighted by molar-refractivity contribution is 6.63. The highest BCUT2D eigenvalue weighted by atomic mass is 19.2. The Kier molecular flexibility index (Phi) is 12.0. The van der Waals surface area contributed by atoms with Gasteiger partial charge in [-0.2, -0.15) is 0 Å². The number of ether oxygens (including phenoxy) is 2. The summed E-state index contributed by atoms with van der Waals surface area (Å²) >= 11 is 0. The van der Waals surface area contributed by atoms with Crippen molar-refractivity contribution in [1.82, 2.24) is 8.96 Å². The topological polar surface area (TPSA) is 28.3 Å². The van der Waals surface area contributed by atoms with Crippen molar-refractivity contribution >= 4 is 6.97 Å². The molecule has 0 amide bonds. The highest BCUT2D eigenvalue weighted by Gasteiger charge is 2.46. The molecule has 4 nitrogen and oxygen atoms in total. The van der Waals surface area contributed by atoms with Crippen LogP contribution in [0.4, 0.5) is 8.63 Å². The molecule has 5 aromatic carbocycles. The first kappa shape index (κ1) is 41.2. The van der Waals surface area contributed by atoms with Crippen LogP contribution in [0.1, 0.15) is 84.3 Å². The monoisotopic (exact) mass is 788 g/mol. The van der Waals surface area contributed by atoms with Crippen LogP contribution in [0.15, 0.2) is 122 Å². The molecule has 0 unspecified atom stereocenters. The number of aromatic nitrogens is 2. The fourth-order valence-corrected chi connectivity index (χ4v) is 8.64. The van der Waals surface area contributed by atoms with Crippen LogP contribution >= 0.6 is 0 Å². The lowest BCUT2D eigenvalue weighted by Crippen LogP contribution is -2.48.